The van der Waals surface area contributed by atoms with Gasteiger partial charge in [0.05, 0.1) is 13.7 Å². The summed E-state index contributed by atoms with van der Waals surface area (Å²) >= 11 is 0. The van der Waals surface area contributed by atoms with Crippen LogP contribution >= 0.6 is 0 Å². The van der Waals surface area contributed by atoms with Gasteiger partial charge in [0.15, 0.2) is 0 Å². The van der Waals surface area contributed by atoms with Crippen molar-refractivity contribution < 1.29 is 9.53 Å². The van der Waals surface area contributed by atoms with Gasteiger partial charge in [-0.3, -0.25) is 4.79 Å². The second-order valence-electron chi connectivity index (χ2n) is 5.75. The van der Waals surface area contributed by atoms with E-state index in [1.54, 1.807) is 7.11 Å². The molecule has 0 saturated heterocycles. The molecule has 1 aliphatic rings. The first-order valence-electron chi connectivity index (χ1n) is 7.92. The average Bonchev–Trinajstić information content (AvgIpc) is 3.01. The number of carbonyl (C=O) groups is 1. The molecule has 0 bridgehead atoms. The predicted molar refractivity (Wildman–Crippen MR) is 85.7 cm³/mol. The fourth-order valence-corrected chi connectivity index (χ4v) is 2.90. The fourth-order valence-electron chi connectivity index (χ4n) is 2.90. The third-order valence-electron chi connectivity index (χ3n) is 4.10. The molecular weight excluding hydrogens is 264 g/mol. The van der Waals surface area contributed by atoms with E-state index in [1.807, 2.05) is 24.3 Å². The largest absolute Gasteiger partial charge is 0.497 e. The van der Waals surface area contributed by atoms with E-state index in [2.05, 4.69) is 10.6 Å². The minimum absolute atomic E-state index is 0.000957. The number of ether oxygens (including phenoxy) is 1. The van der Waals surface area contributed by atoms with Crippen molar-refractivity contribution in [2.24, 2.45) is 5.92 Å². The van der Waals surface area contributed by atoms with Gasteiger partial charge in [-0.15, -0.1) is 0 Å². The van der Waals surface area contributed by atoms with Gasteiger partial charge < -0.3 is 15.4 Å². The zero-order chi connectivity index (χ0) is 14.9. The molecule has 0 radical (unpaired) electrons. The molecular formula is C17H26N2O2. The highest BCUT2D eigenvalue weighted by atomic mass is 16.5. The quantitative estimate of drug-likeness (QED) is 0.723. The normalized spacial score (nSPS) is 15.1. The number of benzene rings is 1. The lowest BCUT2D eigenvalue weighted by Crippen LogP contribution is -2.28. The lowest BCUT2D eigenvalue weighted by atomic mass is 10.0. The number of rotatable bonds is 8. The van der Waals surface area contributed by atoms with Crippen molar-refractivity contribution in [1.82, 2.24) is 5.32 Å². The van der Waals surface area contributed by atoms with Gasteiger partial charge in [-0.1, -0.05) is 25.7 Å². The molecule has 4 heteroatoms. The molecule has 1 aromatic carbocycles. The summed E-state index contributed by atoms with van der Waals surface area (Å²) in [5.74, 6) is 1.72. The third kappa shape index (κ3) is 5.76. The summed E-state index contributed by atoms with van der Waals surface area (Å²) in [5.41, 5.74) is 0.800. The molecule has 0 aromatic heterocycles. The van der Waals surface area contributed by atoms with Crippen molar-refractivity contribution in [2.45, 2.75) is 38.5 Å². The van der Waals surface area contributed by atoms with Gasteiger partial charge in [0.1, 0.15) is 5.75 Å². The maximum absolute atomic E-state index is 11.8. The highest BCUT2D eigenvalue weighted by Gasteiger charge is 2.13. The number of hydrogen-bond donors (Lipinski definition) is 2. The Labute approximate surface area is 127 Å². The molecule has 4 nitrogen and oxygen atoms in total. The summed E-state index contributed by atoms with van der Waals surface area (Å²) < 4.78 is 5.08. The van der Waals surface area contributed by atoms with Crippen molar-refractivity contribution in [2.75, 3.05) is 25.5 Å². The zero-order valence-electron chi connectivity index (χ0n) is 12.9. The van der Waals surface area contributed by atoms with Crippen LogP contribution in [0.15, 0.2) is 24.3 Å². The number of carbonyl (C=O) groups excluding carboxylic acids is 1. The first kappa shape index (κ1) is 15.8. The second-order valence-corrected chi connectivity index (χ2v) is 5.75. The molecule has 21 heavy (non-hydrogen) atoms. The molecule has 1 fully saturated rings. The van der Waals surface area contributed by atoms with Gasteiger partial charge in [-0.25, -0.2) is 0 Å². The van der Waals surface area contributed by atoms with Gasteiger partial charge in [-0.05, 0) is 49.6 Å². The van der Waals surface area contributed by atoms with Crippen LogP contribution < -0.4 is 15.4 Å². The molecule has 0 aliphatic heterocycles. The van der Waals surface area contributed by atoms with Gasteiger partial charge in [-0.2, -0.15) is 0 Å². The number of methoxy groups -OCH3 is 1. The zero-order valence-corrected chi connectivity index (χ0v) is 12.9. The number of hydrogen-bond acceptors (Lipinski definition) is 3. The fraction of sp³-hybridized carbons (Fsp3) is 0.588. The van der Waals surface area contributed by atoms with Gasteiger partial charge in [0, 0.05) is 5.69 Å². The van der Waals surface area contributed by atoms with Crippen LogP contribution in [0, 0.1) is 5.92 Å². The van der Waals surface area contributed by atoms with Crippen molar-refractivity contribution in [1.29, 1.82) is 0 Å². The average molecular weight is 290 g/mol. The first-order valence-corrected chi connectivity index (χ1v) is 7.92. The SMILES string of the molecule is COc1ccc(NC(=O)CNCCCC2CCCC2)cc1. The van der Waals surface area contributed by atoms with E-state index >= 15 is 0 Å². The lowest BCUT2D eigenvalue weighted by molar-refractivity contribution is -0.115. The summed E-state index contributed by atoms with van der Waals surface area (Å²) in [6.45, 7) is 1.29. The standard InChI is InChI=1S/C17H26N2O2/c1-21-16-10-8-15(9-11-16)19-17(20)13-18-12-4-7-14-5-2-3-6-14/h8-11,14,18H,2-7,12-13H2,1H3,(H,19,20). The van der Waals surface area contributed by atoms with Crippen molar-refractivity contribution in [3.8, 4) is 5.75 Å². The molecule has 1 amide bonds. The topological polar surface area (TPSA) is 50.4 Å². The summed E-state index contributed by atoms with van der Waals surface area (Å²) in [5, 5.41) is 6.08. The van der Waals surface area contributed by atoms with Crippen LogP contribution in [0.5, 0.6) is 5.75 Å². The minimum atomic E-state index is 0.000957. The van der Waals surface area contributed by atoms with Crippen LogP contribution in [0.25, 0.3) is 0 Å². The molecule has 116 valence electrons. The van der Waals surface area contributed by atoms with Crippen LogP contribution in [0.4, 0.5) is 5.69 Å². The van der Waals surface area contributed by atoms with Gasteiger partial charge >= 0.3 is 0 Å². The Hall–Kier alpha value is -1.55. The van der Waals surface area contributed by atoms with Crippen molar-refractivity contribution in [3.63, 3.8) is 0 Å². The molecule has 1 aliphatic carbocycles. The molecule has 0 spiro atoms. The van der Waals surface area contributed by atoms with Crippen LogP contribution in [0.2, 0.25) is 0 Å². The predicted octanol–water partition coefficient (Wildman–Crippen LogP) is 3.19. The maximum Gasteiger partial charge on any atom is 0.238 e. The Morgan fingerprint density at radius 2 is 1.95 bits per heavy atom. The Balaban J connectivity index is 1.56. The molecule has 0 heterocycles. The summed E-state index contributed by atoms with van der Waals surface area (Å²) in [7, 11) is 1.63. The van der Waals surface area contributed by atoms with E-state index in [-0.39, 0.29) is 5.91 Å². The van der Waals surface area contributed by atoms with Gasteiger partial charge in [0.2, 0.25) is 5.91 Å². The Bertz CT molecular complexity index is 425. The van der Waals surface area contributed by atoms with Crippen LogP contribution in [0.3, 0.4) is 0 Å². The van der Waals surface area contributed by atoms with E-state index in [1.165, 1.54) is 38.5 Å². The Kier molecular flexibility index (Phi) is 6.54. The lowest BCUT2D eigenvalue weighted by Gasteiger charge is -2.10. The third-order valence-corrected chi connectivity index (χ3v) is 4.10. The molecule has 1 saturated carbocycles. The van der Waals surface area contributed by atoms with E-state index in [0.29, 0.717) is 6.54 Å². The first-order chi connectivity index (χ1) is 10.3. The van der Waals surface area contributed by atoms with E-state index in [0.717, 1.165) is 23.9 Å². The smallest absolute Gasteiger partial charge is 0.238 e. The molecule has 2 rings (SSSR count). The van der Waals surface area contributed by atoms with Crippen LogP contribution in [0.1, 0.15) is 38.5 Å². The molecule has 1 aromatic rings. The van der Waals surface area contributed by atoms with E-state index < -0.39 is 0 Å². The number of amides is 1. The number of nitrogens with one attached hydrogen (secondary N) is 2. The molecule has 0 atom stereocenters. The highest BCUT2D eigenvalue weighted by Crippen LogP contribution is 2.28. The molecule has 2 N–H and O–H groups in total. The molecule has 0 unspecified atom stereocenters. The van der Waals surface area contributed by atoms with Crippen LogP contribution in [-0.2, 0) is 4.79 Å². The van der Waals surface area contributed by atoms with Crippen LogP contribution in [-0.4, -0.2) is 26.1 Å². The maximum atomic E-state index is 11.8. The minimum Gasteiger partial charge on any atom is -0.497 e. The second kappa shape index (κ2) is 8.67. The van der Waals surface area contributed by atoms with Crippen molar-refractivity contribution in [3.05, 3.63) is 24.3 Å². The summed E-state index contributed by atoms with van der Waals surface area (Å²) in [4.78, 5) is 11.8. The summed E-state index contributed by atoms with van der Waals surface area (Å²) in [6, 6.07) is 7.36. The van der Waals surface area contributed by atoms with E-state index in [9.17, 15) is 4.79 Å². The monoisotopic (exact) mass is 290 g/mol. The van der Waals surface area contributed by atoms with E-state index in [4.69, 9.17) is 4.74 Å². The highest BCUT2D eigenvalue weighted by molar-refractivity contribution is 5.92. The number of anilines is 1. The summed E-state index contributed by atoms with van der Waals surface area (Å²) in [6.07, 6.45) is 8.08. The van der Waals surface area contributed by atoms with Crippen molar-refractivity contribution >= 4 is 11.6 Å². The Morgan fingerprint density at radius 1 is 1.24 bits per heavy atom. The Morgan fingerprint density at radius 3 is 2.62 bits per heavy atom. The van der Waals surface area contributed by atoms with Gasteiger partial charge in [0.25, 0.3) is 0 Å².